The van der Waals surface area contributed by atoms with Crippen molar-refractivity contribution in [1.29, 1.82) is 5.26 Å². The van der Waals surface area contributed by atoms with Crippen LogP contribution in [0.4, 0.5) is 14.7 Å². The van der Waals surface area contributed by atoms with Crippen molar-refractivity contribution in [2.24, 2.45) is 0 Å². The van der Waals surface area contributed by atoms with E-state index in [2.05, 4.69) is 16.4 Å². The van der Waals surface area contributed by atoms with Gasteiger partial charge in [0.2, 0.25) is 0 Å². The Morgan fingerprint density at radius 1 is 1.17 bits per heavy atom. The molecule has 0 aliphatic carbocycles. The molecule has 2 aromatic heterocycles. The molecular weight excluding hydrogens is 480 g/mol. The summed E-state index contributed by atoms with van der Waals surface area (Å²) < 4.78 is 5.72. The summed E-state index contributed by atoms with van der Waals surface area (Å²) in [6.45, 7) is 5.00. The monoisotopic (exact) mass is 504 g/mol. The number of pyridine rings is 1. The van der Waals surface area contributed by atoms with E-state index in [1.54, 1.807) is 23.1 Å². The number of hydrogen-bond acceptors (Lipinski definition) is 7. The fourth-order valence-corrected chi connectivity index (χ4v) is 5.69. The van der Waals surface area contributed by atoms with Crippen LogP contribution in [0, 0.1) is 25.2 Å². The number of ether oxygens (including phenoxy) is 1. The summed E-state index contributed by atoms with van der Waals surface area (Å²) in [6, 6.07) is 12.5. The van der Waals surface area contributed by atoms with Gasteiger partial charge in [0.1, 0.15) is 0 Å². The molecule has 2 fully saturated rings. The molecular formula is C25H24N6O4S. The Labute approximate surface area is 211 Å². The largest absolute Gasteiger partial charge is 0.465 e. The van der Waals surface area contributed by atoms with Crippen LogP contribution in [-0.4, -0.2) is 75.4 Å². The van der Waals surface area contributed by atoms with Gasteiger partial charge in [-0.05, 0) is 43.7 Å². The fraction of sp³-hybridized carbons (Fsp3) is 0.320. The number of urea groups is 1. The second kappa shape index (κ2) is 9.56. The Hall–Kier alpha value is -4.01. The molecule has 3 aromatic rings. The average Bonchev–Trinajstić information content (AvgIpc) is 3.48. The number of amides is 3. The third kappa shape index (κ3) is 4.60. The van der Waals surface area contributed by atoms with E-state index < -0.39 is 6.09 Å². The van der Waals surface area contributed by atoms with Gasteiger partial charge in [0, 0.05) is 30.0 Å². The van der Waals surface area contributed by atoms with Crippen LogP contribution in [0.1, 0.15) is 17.0 Å². The summed E-state index contributed by atoms with van der Waals surface area (Å²) in [4.78, 5) is 37.7. The summed E-state index contributed by atoms with van der Waals surface area (Å²) >= 11 is 1.34. The van der Waals surface area contributed by atoms with Crippen LogP contribution in [0.5, 0.6) is 0 Å². The highest BCUT2D eigenvalue weighted by molar-refractivity contribution is 7.19. The molecule has 0 saturated carbocycles. The fourth-order valence-electron chi connectivity index (χ4n) is 4.73. The molecule has 11 heteroatoms. The normalized spacial score (nSPS) is 19.0. The van der Waals surface area contributed by atoms with Crippen molar-refractivity contribution in [1.82, 2.24) is 19.8 Å². The lowest BCUT2D eigenvalue weighted by Crippen LogP contribution is -2.52. The number of aryl methyl sites for hydroxylation is 2. The molecule has 4 heterocycles. The molecule has 2 aliphatic heterocycles. The second-order valence-corrected chi connectivity index (χ2v) is 9.81. The number of carboxylic acid groups (broad SMARTS) is 1. The van der Waals surface area contributed by atoms with Crippen LogP contribution in [0.2, 0.25) is 0 Å². The van der Waals surface area contributed by atoms with Crippen molar-refractivity contribution in [2.75, 3.05) is 31.6 Å². The van der Waals surface area contributed by atoms with E-state index in [1.807, 2.05) is 32.0 Å². The number of anilines is 1. The zero-order chi connectivity index (χ0) is 25.4. The van der Waals surface area contributed by atoms with Crippen LogP contribution in [0.25, 0.3) is 21.7 Å². The number of rotatable bonds is 3. The van der Waals surface area contributed by atoms with Crippen LogP contribution in [0.3, 0.4) is 0 Å². The number of nitrogens with one attached hydrogen (secondary N) is 1. The number of benzene rings is 1. The van der Waals surface area contributed by atoms with Crippen molar-refractivity contribution >= 4 is 28.6 Å². The lowest BCUT2D eigenvalue weighted by atomic mass is 10.0. The molecule has 184 valence electrons. The zero-order valence-corrected chi connectivity index (χ0v) is 20.6. The van der Waals surface area contributed by atoms with Gasteiger partial charge in [-0.2, -0.15) is 5.26 Å². The Bertz CT molecular complexity index is 1360. The predicted octanol–water partition coefficient (Wildman–Crippen LogP) is 3.96. The third-order valence-corrected chi connectivity index (χ3v) is 7.30. The van der Waals surface area contributed by atoms with E-state index in [0.717, 1.165) is 27.4 Å². The number of carbonyl (C=O) groups is 2. The smallest absolute Gasteiger partial charge is 0.407 e. The standard InChI is InChI=1S/C25H24N6O4S/c1-14-8-18(9-15(2)27-14)22-21(17-5-3-4-16(10-17)11-26)28-23(36-22)29-24(32)30-12-19-20(13-30)35-7-6-31(19)25(33)34/h3-5,8-10,19-20H,6-7,12-13H2,1-2H3,(H,33,34)(H,28,29,32)/t19-,20-/m0/s1. The van der Waals surface area contributed by atoms with Crippen molar-refractivity contribution in [3.05, 3.63) is 53.3 Å². The second-order valence-electron chi connectivity index (χ2n) is 8.82. The maximum Gasteiger partial charge on any atom is 0.407 e. The van der Waals surface area contributed by atoms with Crippen LogP contribution >= 0.6 is 11.3 Å². The number of likely N-dealkylation sites (tertiary alicyclic amines) is 1. The third-order valence-electron chi connectivity index (χ3n) is 6.28. The number of fused-ring (bicyclic) bond motifs is 1. The maximum absolute atomic E-state index is 13.1. The Balaban J connectivity index is 1.45. The Kier molecular flexibility index (Phi) is 6.30. The van der Waals surface area contributed by atoms with Gasteiger partial charge in [-0.1, -0.05) is 23.5 Å². The average molecular weight is 505 g/mol. The number of morpholine rings is 1. The molecule has 2 atom stereocenters. The van der Waals surface area contributed by atoms with Gasteiger partial charge in [-0.15, -0.1) is 0 Å². The SMILES string of the molecule is Cc1cc(-c2sc(NC(=O)N3C[C@@H]4OCCN(C(=O)O)[C@H]4C3)nc2-c2cccc(C#N)c2)cc(C)n1. The van der Waals surface area contributed by atoms with E-state index in [1.165, 1.54) is 16.2 Å². The molecule has 0 spiro atoms. The van der Waals surface area contributed by atoms with Gasteiger partial charge in [0.05, 0.1) is 47.5 Å². The molecule has 5 rings (SSSR count). The molecule has 0 radical (unpaired) electrons. The zero-order valence-electron chi connectivity index (χ0n) is 19.8. The lowest BCUT2D eigenvalue weighted by molar-refractivity contribution is -0.0381. The first-order valence-electron chi connectivity index (χ1n) is 11.5. The van der Waals surface area contributed by atoms with E-state index in [4.69, 9.17) is 9.72 Å². The number of nitrogens with zero attached hydrogens (tertiary/aromatic N) is 5. The highest BCUT2D eigenvalue weighted by Gasteiger charge is 2.43. The highest BCUT2D eigenvalue weighted by atomic mass is 32.1. The van der Waals surface area contributed by atoms with Crippen molar-refractivity contribution < 1.29 is 19.4 Å². The highest BCUT2D eigenvalue weighted by Crippen LogP contribution is 2.40. The van der Waals surface area contributed by atoms with E-state index in [9.17, 15) is 20.0 Å². The van der Waals surface area contributed by atoms with Crippen LogP contribution in [0.15, 0.2) is 36.4 Å². The van der Waals surface area contributed by atoms with Gasteiger partial charge >= 0.3 is 12.1 Å². The Morgan fingerprint density at radius 2 is 1.94 bits per heavy atom. The van der Waals surface area contributed by atoms with Crippen molar-refractivity contribution in [3.63, 3.8) is 0 Å². The predicted molar refractivity (Wildman–Crippen MR) is 134 cm³/mol. The lowest BCUT2D eigenvalue weighted by Gasteiger charge is -2.34. The van der Waals surface area contributed by atoms with Gasteiger partial charge in [0.25, 0.3) is 0 Å². The number of nitriles is 1. The number of thiazole rings is 1. The van der Waals surface area contributed by atoms with Crippen molar-refractivity contribution in [2.45, 2.75) is 26.0 Å². The first-order valence-corrected chi connectivity index (χ1v) is 12.3. The van der Waals surface area contributed by atoms with Gasteiger partial charge < -0.3 is 14.7 Å². The summed E-state index contributed by atoms with van der Waals surface area (Å²) in [5.74, 6) is 0. The first-order chi connectivity index (χ1) is 17.3. The Morgan fingerprint density at radius 3 is 2.67 bits per heavy atom. The molecule has 2 aliphatic rings. The first kappa shape index (κ1) is 23.7. The molecule has 0 bridgehead atoms. The van der Waals surface area contributed by atoms with Gasteiger partial charge in [-0.25, -0.2) is 14.6 Å². The van der Waals surface area contributed by atoms with Crippen LogP contribution < -0.4 is 5.32 Å². The quantitative estimate of drug-likeness (QED) is 0.552. The summed E-state index contributed by atoms with van der Waals surface area (Å²) in [6.07, 6.45) is -1.35. The molecule has 10 nitrogen and oxygen atoms in total. The molecule has 36 heavy (non-hydrogen) atoms. The number of aromatic nitrogens is 2. The van der Waals surface area contributed by atoms with E-state index in [-0.39, 0.29) is 31.3 Å². The minimum Gasteiger partial charge on any atom is -0.465 e. The van der Waals surface area contributed by atoms with Gasteiger partial charge in [-0.3, -0.25) is 15.2 Å². The summed E-state index contributed by atoms with van der Waals surface area (Å²) in [5.41, 5.74) is 4.60. The molecule has 0 unspecified atom stereocenters. The van der Waals surface area contributed by atoms with Gasteiger partial charge in [0.15, 0.2) is 5.13 Å². The topological polar surface area (TPSA) is 132 Å². The molecule has 2 saturated heterocycles. The molecule has 2 N–H and O–H groups in total. The molecule has 1 aromatic carbocycles. The molecule has 3 amide bonds. The minimum atomic E-state index is -1.01. The summed E-state index contributed by atoms with van der Waals surface area (Å²) in [7, 11) is 0. The maximum atomic E-state index is 13.1. The van der Waals surface area contributed by atoms with E-state index in [0.29, 0.717) is 29.5 Å². The number of hydrogen-bond donors (Lipinski definition) is 2. The van der Waals surface area contributed by atoms with Crippen molar-refractivity contribution in [3.8, 4) is 27.8 Å². The van der Waals surface area contributed by atoms with Crippen LogP contribution in [-0.2, 0) is 4.74 Å². The summed E-state index contributed by atoms with van der Waals surface area (Å²) in [5, 5.41) is 22.2. The van der Waals surface area contributed by atoms with E-state index >= 15 is 0 Å². The number of carbonyl (C=O) groups excluding carboxylic acids is 1. The minimum absolute atomic E-state index is 0.251.